The summed E-state index contributed by atoms with van der Waals surface area (Å²) < 4.78 is 29.5. The second-order valence-electron chi connectivity index (χ2n) is 22.4. The van der Waals surface area contributed by atoms with Gasteiger partial charge in [-0.2, -0.15) is 15.2 Å². The van der Waals surface area contributed by atoms with Crippen LogP contribution in [0.4, 0.5) is 16.0 Å². The molecule has 0 radical (unpaired) electrons. The number of fused-ring (bicyclic) bond motifs is 2. The number of amides is 2. The minimum absolute atomic E-state index is 0.0297. The van der Waals surface area contributed by atoms with Crippen LogP contribution in [0.3, 0.4) is 0 Å². The average Bonchev–Trinajstić information content (AvgIpc) is 3.21. The molecule has 3 fully saturated rings. The molecule has 0 aliphatic carbocycles. The summed E-state index contributed by atoms with van der Waals surface area (Å²) in [5.74, 6) is -0.666. The number of aliphatic hydroxyl groups is 1. The number of ether oxygens (including phenoxy) is 1. The van der Waals surface area contributed by atoms with E-state index < -0.39 is 29.9 Å². The highest BCUT2D eigenvalue weighted by Crippen LogP contribution is 2.43. The van der Waals surface area contributed by atoms with Crippen LogP contribution in [0.1, 0.15) is 81.7 Å². The van der Waals surface area contributed by atoms with E-state index in [1.165, 1.54) is 12.1 Å². The van der Waals surface area contributed by atoms with E-state index in [1.807, 2.05) is 92.5 Å². The van der Waals surface area contributed by atoms with Crippen LogP contribution < -0.4 is 14.5 Å². The number of Topliss-reactive ketones (excluding diaryl/α,β-unsaturated/α-hetero) is 1. The standard InChI is InChI=1S/C62H68ClFN10O7S/c1-7-54(78)73-23-22-72(33-43(73)16-19-65)60-48-30-49(63)56(47-28-44(75)27-42-10-8-9-11-46(42)47)57(64)58(48)67-62(68-60)80-25-24-71-20-17-39(18-21-71)32-70(6)53-31-52(81-69-53)55(36(2)3)61(79)74-34-45(76)29-50(74)51(77)26-37(4)40-12-14-41(15-13-40)59-38(5)66-35-82-59/h7-15,27-28,30-31,35-37,39,43,45,50,55,75-76H,1,16-18,20-26,29,32-34H2,2-6H3/t37-,43+,45-,50+,55-/m1/s1. The lowest BCUT2D eigenvalue weighted by molar-refractivity contribution is -0.140. The number of likely N-dealkylation sites (tertiary alicyclic amines) is 2. The third kappa shape index (κ3) is 12.2. The number of hydrogen-bond acceptors (Lipinski definition) is 16. The predicted octanol–water partition coefficient (Wildman–Crippen LogP) is 10.2. The first-order chi connectivity index (χ1) is 39.5. The van der Waals surface area contributed by atoms with Crippen molar-refractivity contribution < 1.29 is 38.2 Å². The number of halogens is 2. The molecular formula is C62H68ClFN10O7S. The molecule has 17 nitrogen and oxygen atoms in total. The summed E-state index contributed by atoms with van der Waals surface area (Å²) in [5, 5.41) is 37.5. The molecule has 10 rings (SSSR count). The van der Waals surface area contributed by atoms with Crippen LogP contribution in [0.25, 0.3) is 43.2 Å². The van der Waals surface area contributed by atoms with E-state index in [0.29, 0.717) is 64.7 Å². The molecule has 2 amide bonds. The molecule has 3 aliphatic heterocycles. The molecule has 6 heterocycles. The largest absolute Gasteiger partial charge is 0.508 e. The molecule has 5 atom stereocenters. The Kier molecular flexibility index (Phi) is 17.5. The normalized spacial score (nSPS) is 18.7. The van der Waals surface area contributed by atoms with Crippen molar-refractivity contribution in [1.82, 2.24) is 34.8 Å². The van der Waals surface area contributed by atoms with Gasteiger partial charge in [0.15, 0.2) is 23.2 Å². The molecule has 7 aromatic rings. The quantitative estimate of drug-likeness (QED) is 0.0723. The lowest BCUT2D eigenvalue weighted by Gasteiger charge is -2.41. The van der Waals surface area contributed by atoms with Gasteiger partial charge in [-0.1, -0.05) is 92.6 Å². The number of carbonyl (C=O) groups is 3. The zero-order chi connectivity index (χ0) is 57.9. The lowest BCUT2D eigenvalue weighted by Crippen LogP contribution is -2.55. The van der Waals surface area contributed by atoms with E-state index in [4.69, 9.17) is 25.8 Å². The highest BCUT2D eigenvalue weighted by atomic mass is 35.5. The van der Waals surface area contributed by atoms with Crippen LogP contribution in [0.5, 0.6) is 11.8 Å². The number of nitriles is 1. The monoisotopic (exact) mass is 1150 g/mol. The van der Waals surface area contributed by atoms with E-state index in [2.05, 4.69) is 44.8 Å². The van der Waals surface area contributed by atoms with Gasteiger partial charge < -0.3 is 39.1 Å². The molecule has 0 unspecified atom stereocenters. The molecule has 3 aromatic heterocycles. The molecular weight excluding hydrogens is 1080 g/mol. The zero-order valence-corrected chi connectivity index (χ0v) is 48.4. The summed E-state index contributed by atoms with van der Waals surface area (Å²) in [5.41, 5.74) is 5.35. The smallest absolute Gasteiger partial charge is 0.319 e. The van der Waals surface area contributed by atoms with Gasteiger partial charge >= 0.3 is 6.01 Å². The predicted molar refractivity (Wildman–Crippen MR) is 316 cm³/mol. The summed E-state index contributed by atoms with van der Waals surface area (Å²) in [6, 6.07) is 23.0. The van der Waals surface area contributed by atoms with E-state index >= 15 is 4.39 Å². The number of carbonyl (C=O) groups excluding carboxylic acids is 3. The number of piperazine rings is 1. The van der Waals surface area contributed by atoms with Crippen molar-refractivity contribution >= 4 is 73.8 Å². The molecule has 2 N–H and O–H groups in total. The molecule has 0 spiro atoms. The van der Waals surface area contributed by atoms with Crippen LogP contribution in [-0.2, 0) is 14.4 Å². The first kappa shape index (κ1) is 57.7. The van der Waals surface area contributed by atoms with Gasteiger partial charge in [0.2, 0.25) is 11.8 Å². The van der Waals surface area contributed by atoms with Gasteiger partial charge in [0.25, 0.3) is 0 Å². The summed E-state index contributed by atoms with van der Waals surface area (Å²) in [6.45, 7) is 15.5. The Hall–Kier alpha value is -7.50. The van der Waals surface area contributed by atoms with Gasteiger partial charge in [0, 0.05) is 76.2 Å². The molecule has 20 heteroatoms. The average molecular weight is 1150 g/mol. The van der Waals surface area contributed by atoms with Crippen LogP contribution in [0.15, 0.2) is 95.5 Å². The SMILES string of the molecule is C=CC(=O)N1CCN(c2nc(OCCN3CCC(CN(C)c4cc([C@H](C(=O)N5C[C@H](O)C[C@H]5C(=O)C[C@@H](C)c5ccc(-c6scnc6C)cc5)C(C)C)on4)CC3)nc3c(F)c(-c4cc(O)cc5ccccc45)c(Cl)cc23)C[C@@H]1CC#N. The van der Waals surface area contributed by atoms with Crippen LogP contribution in [-0.4, -0.2) is 147 Å². The summed E-state index contributed by atoms with van der Waals surface area (Å²) in [7, 11) is 1.96. The number of aliphatic hydroxyl groups excluding tert-OH is 1. The van der Waals surface area contributed by atoms with Crippen molar-refractivity contribution in [2.45, 2.75) is 89.8 Å². The van der Waals surface area contributed by atoms with Gasteiger partial charge in [-0.05, 0) is 102 Å². The fourth-order valence-corrected chi connectivity index (χ4v) is 13.2. The molecule has 3 aliphatic rings. The molecule has 0 saturated carbocycles. The van der Waals surface area contributed by atoms with Crippen molar-refractivity contribution in [1.29, 1.82) is 5.26 Å². The molecule has 428 valence electrons. The van der Waals surface area contributed by atoms with E-state index in [-0.39, 0.29) is 103 Å². The first-order valence-corrected chi connectivity index (χ1v) is 29.3. The van der Waals surface area contributed by atoms with Crippen LogP contribution >= 0.6 is 22.9 Å². The maximum atomic E-state index is 17.3. The highest BCUT2D eigenvalue weighted by Gasteiger charge is 2.43. The highest BCUT2D eigenvalue weighted by molar-refractivity contribution is 7.13. The Bertz CT molecular complexity index is 3540. The van der Waals surface area contributed by atoms with Crippen molar-refractivity contribution in [2.75, 3.05) is 75.8 Å². The molecule has 4 aromatic carbocycles. The number of aromatic nitrogens is 4. The fraction of sp³-hybridized carbons (Fsp3) is 0.419. The molecule has 82 heavy (non-hydrogen) atoms. The van der Waals surface area contributed by atoms with Crippen molar-refractivity contribution in [3.8, 4) is 39.4 Å². The first-order valence-electron chi connectivity index (χ1n) is 28.0. The second kappa shape index (κ2) is 24.9. The number of hydrogen-bond donors (Lipinski definition) is 2. The third-order valence-corrected chi connectivity index (χ3v) is 17.8. The van der Waals surface area contributed by atoms with Gasteiger partial charge in [0.1, 0.15) is 29.6 Å². The number of phenols is 1. The maximum absolute atomic E-state index is 17.3. The number of aryl methyl sites for hydroxylation is 1. The minimum Gasteiger partial charge on any atom is -0.508 e. The van der Waals surface area contributed by atoms with Crippen LogP contribution in [0, 0.1) is 35.9 Å². The fourth-order valence-electron chi connectivity index (χ4n) is 12.1. The van der Waals surface area contributed by atoms with Crippen molar-refractivity contribution in [3.05, 3.63) is 119 Å². The number of benzene rings is 4. The zero-order valence-electron chi connectivity index (χ0n) is 46.8. The van der Waals surface area contributed by atoms with E-state index in [9.17, 15) is 29.9 Å². The number of nitrogens with zero attached hydrogens (tertiary/aromatic N) is 10. The number of piperidine rings is 1. The van der Waals surface area contributed by atoms with Crippen molar-refractivity contribution in [3.63, 3.8) is 0 Å². The van der Waals surface area contributed by atoms with Crippen LogP contribution in [0.2, 0.25) is 5.02 Å². The number of aromatic hydroxyl groups is 1. The number of phenolic OH excluding ortho intramolecular Hbond substituents is 1. The summed E-state index contributed by atoms with van der Waals surface area (Å²) in [6.07, 6.45) is 2.69. The van der Waals surface area contributed by atoms with Crippen molar-refractivity contribution in [2.24, 2.45) is 11.8 Å². The second-order valence-corrected chi connectivity index (χ2v) is 23.6. The topological polar surface area (TPSA) is 206 Å². The van der Waals surface area contributed by atoms with E-state index in [1.54, 1.807) is 33.3 Å². The Morgan fingerprint density at radius 3 is 2.50 bits per heavy atom. The van der Waals surface area contributed by atoms with Gasteiger partial charge in [0.05, 0.1) is 51.8 Å². The molecule has 3 saturated heterocycles. The Morgan fingerprint density at radius 1 is 1.01 bits per heavy atom. The molecule has 0 bridgehead atoms. The maximum Gasteiger partial charge on any atom is 0.319 e. The number of ketones is 1. The number of rotatable bonds is 19. The lowest BCUT2D eigenvalue weighted by atomic mass is 9.89. The van der Waals surface area contributed by atoms with Gasteiger partial charge in [-0.15, -0.1) is 11.3 Å². The number of anilines is 2. The Morgan fingerprint density at radius 2 is 1.78 bits per heavy atom. The minimum atomic E-state index is -0.813. The Balaban J connectivity index is 0.774. The Labute approximate surface area is 485 Å². The summed E-state index contributed by atoms with van der Waals surface area (Å²) in [4.78, 5) is 65.7. The van der Waals surface area contributed by atoms with E-state index in [0.717, 1.165) is 47.6 Å². The number of thiazole rings is 1. The van der Waals surface area contributed by atoms with Gasteiger partial charge in [-0.3, -0.25) is 19.3 Å². The van der Waals surface area contributed by atoms with Gasteiger partial charge in [-0.25, -0.2) is 9.37 Å². The third-order valence-electron chi connectivity index (χ3n) is 16.5. The summed E-state index contributed by atoms with van der Waals surface area (Å²) >= 11 is 8.57. The number of β-amino-alcohol motifs (C(OH)–C–C–N with tert-alkyl or cyclic N) is 1.